The minimum Gasteiger partial charge on any atom is -0.300 e. The normalized spacial score (nSPS) is 16.3. The first kappa shape index (κ1) is 9.60. The van der Waals surface area contributed by atoms with Crippen molar-refractivity contribution in [2.24, 2.45) is 5.92 Å². The second-order valence-electron chi connectivity index (χ2n) is 2.70. The lowest BCUT2D eigenvalue weighted by atomic mass is 10.0. The summed E-state index contributed by atoms with van der Waals surface area (Å²) >= 11 is 0. The summed E-state index contributed by atoms with van der Waals surface area (Å²) in [6, 6.07) is 0. The summed E-state index contributed by atoms with van der Waals surface area (Å²) in [6.07, 6.45) is 2.02. The van der Waals surface area contributed by atoms with E-state index in [1.807, 2.05) is 0 Å². The van der Waals surface area contributed by atoms with Gasteiger partial charge in [0.1, 0.15) is 0 Å². The number of hydrogen-bond donors (Lipinski definition) is 0. The largest absolute Gasteiger partial charge is 0.300 e. The summed E-state index contributed by atoms with van der Waals surface area (Å²) < 4.78 is 12.5. The van der Waals surface area contributed by atoms with E-state index in [0.29, 0.717) is 6.29 Å². The maximum Gasteiger partial charge on any atom is 0.158 e. The molecule has 2 unspecified atom stereocenters. The Bertz CT molecular complexity index is 93.3. The monoisotopic (exact) mass is 146 g/mol. The molecule has 60 valence electrons. The second kappa shape index (κ2) is 5.39. The van der Waals surface area contributed by atoms with Gasteiger partial charge < -0.3 is 4.79 Å². The number of aldehydes is 1. The molecule has 0 saturated carbocycles. The molecule has 0 spiro atoms. The van der Waals surface area contributed by atoms with Crippen molar-refractivity contribution in [1.29, 1.82) is 0 Å². The van der Waals surface area contributed by atoms with Gasteiger partial charge in [0.2, 0.25) is 0 Å². The highest BCUT2D eigenvalue weighted by Gasteiger charge is 2.13. The van der Waals surface area contributed by atoms with E-state index in [4.69, 9.17) is 0 Å². The molecule has 0 aromatic carbocycles. The standard InChI is InChI=1S/C8H15FO/c1-3-4-5-7(2)8(9)6-10/h6-8H,3-5H2,1-2H3. The predicted octanol–water partition coefficient (Wildman–Crippen LogP) is 2.35. The van der Waals surface area contributed by atoms with Crippen molar-refractivity contribution in [1.82, 2.24) is 0 Å². The van der Waals surface area contributed by atoms with Crippen LogP contribution < -0.4 is 0 Å². The molecule has 0 N–H and O–H groups in total. The van der Waals surface area contributed by atoms with Gasteiger partial charge in [-0.3, -0.25) is 0 Å². The van der Waals surface area contributed by atoms with Crippen LogP contribution >= 0.6 is 0 Å². The van der Waals surface area contributed by atoms with Gasteiger partial charge in [0, 0.05) is 0 Å². The molecule has 0 aromatic rings. The molecule has 10 heavy (non-hydrogen) atoms. The summed E-state index contributed by atoms with van der Waals surface area (Å²) in [5.41, 5.74) is 0. The van der Waals surface area contributed by atoms with Crippen LogP contribution in [0.5, 0.6) is 0 Å². The van der Waals surface area contributed by atoms with E-state index in [-0.39, 0.29) is 5.92 Å². The third-order valence-electron chi connectivity index (χ3n) is 1.69. The van der Waals surface area contributed by atoms with Crippen LogP contribution in [0.1, 0.15) is 33.1 Å². The van der Waals surface area contributed by atoms with Crippen LogP contribution in [-0.2, 0) is 4.79 Å². The van der Waals surface area contributed by atoms with E-state index in [2.05, 4.69) is 6.92 Å². The summed E-state index contributed by atoms with van der Waals surface area (Å²) in [7, 11) is 0. The molecular formula is C8H15FO. The van der Waals surface area contributed by atoms with Gasteiger partial charge in [0.15, 0.2) is 12.5 Å². The van der Waals surface area contributed by atoms with Crippen LogP contribution in [0.25, 0.3) is 0 Å². The Morgan fingerprint density at radius 3 is 2.60 bits per heavy atom. The maximum absolute atomic E-state index is 12.5. The molecule has 0 rings (SSSR count). The van der Waals surface area contributed by atoms with Gasteiger partial charge in [0.05, 0.1) is 0 Å². The number of alkyl halides is 1. The summed E-state index contributed by atoms with van der Waals surface area (Å²) in [5.74, 6) is -0.0996. The fourth-order valence-corrected chi connectivity index (χ4v) is 0.819. The molecule has 0 aliphatic rings. The molecule has 2 heteroatoms. The molecule has 0 aliphatic carbocycles. The summed E-state index contributed by atoms with van der Waals surface area (Å²) in [5, 5.41) is 0. The Balaban J connectivity index is 3.40. The highest BCUT2D eigenvalue weighted by molar-refractivity contribution is 5.56. The van der Waals surface area contributed by atoms with Crippen LogP contribution in [-0.4, -0.2) is 12.5 Å². The van der Waals surface area contributed by atoms with E-state index >= 15 is 0 Å². The minimum absolute atomic E-state index is 0.0996. The predicted molar refractivity (Wildman–Crippen MR) is 39.6 cm³/mol. The average molecular weight is 146 g/mol. The number of carbonyl (C=O) groups is 1. The summed E-state index contributed by atoms with van der Waals surface area (Å²) in [4.78, 5) is 9.93. The van der Waals surface area contributed by atoms with E-state index < -0.39 is 6.17 Å². The Labute approximate surface area is 61.6 Å². The third-order valence-corrected chi connectivity index (χ3v) is 1.69. The molecule has 0 aliphatic heterocycles. The van der Waals surface area contributed by atoms with Gasteiger partial charge in [-0.1, -0.05) is 26.7 Å². The van der Waals surface area contributed by atoms with Crippen molar-refractivity contribution in [2.75, 3.05) is 0 Å². The molecular weight excluding hydrogens is 131 g/mol. The smallest absolute Gasteiger partial charge is 0.158 e. The lowest BCUT2D eigenvalue weighted by molar-refractivity contribution is -0.113. The van der Waals surface area contributed by atoms with Crippen molar-refractivity contribution in [3.63, 3.8) is 0 Å². The zero-order valence-electron chi connectivity index (χ0n) is 6.64. The van der Waals surface area contributed by atoms with Crippen LogP contribution in [0.15, 0.2) is 0 Å². The summed E-state index contributed by atoms with van der Waals surface area (Å²) in [6.45, 7) is 3.83. The van der Waals surface area contributed by atoms with Crippen LogP contribution in [0.4, 0.5) is 4.39 Å². The zero-order chi connectivity index (χ0) is 7.98. The Morgan fingerprint density at radius 2 is 2.20 bits per heavy atom. The van der Waals surface area contributed by atoms with Gasteiger partial charge in [-0.15, -0.1) is 0 Å². The fourth-order valence-electron chi connectivity index (χ4n) is 0.819. The third kappa shape index (κ3) is 3.59. The highest BCUT2D eigenvalue weighted by Crippen LogP contribution is 2.12. The van der Waals surface area contributed by atoms with Crippen molar-refractivity contribution in [2.45, 2.75) is 39.3 Å². The van der Waals surface area contributed by atoms with Gasteiger partial charge >= 0.3 is 0 Å². The van der Waals surface area contributed by atoms with E-state index in [0.717, 1.165) is 19.3 Å². The Kier molecular flexibility index (Phi) is 5.17. The molecule has 2 atom stereocenters. The van der Waals surface area contributed by atoms with Gasteiger partial charge in [-0.05, 0) is 12.3 Å². The van der Waals surface area contributed by atoms with Crippen molar-refractivity contribution in [3.05, 3.63) is 0 Å². The number of carbonyl (C=O) groups excluding carboxylic acids is 1. The van der Waals surface area contributed by atoms with E-state index in [1.54, 1.807) is 6.92 Å². The molecule has 0 heterocycles. The first-order valence-corrected chi connectivity index (χ1v) is 3.81. The maximum atomic E-state index is 12.5. The van der Waals surface area contributed by atoms with Crippen LogP contribution in [0.2, 0.25) is 0 Å². The van der Waals surface area contributed by atoms with Crippen molar-refractivity contribution < 1.29 is 9.18 Å². The van der Waals surface area contributed by atoms with Crippen LogP contribution in [0, 0.1) is 5.92 Å². The minimum atomic E-state index is -1.26. The molecule has 0 radical (unpaired) electrons. The van der Waals surface area contributed by atoms with Gasteiger partial charge in [-0.25, -0.2) is 4.39 Å². The second-order valence-corrected chi connectivity index (χ2v) is 2.70. The first-order valence-electron chi connectivity index (χ1n) is 3.81. The van der Waals surface area contributed by atoms with E-state index in [9.17, 15) is 9.18 Å². The first-order chi connectivity index (χ1) is 4.72. The topological polar surface area (TPSA) is 17.1 Å². The molecule has 0 aromatic heterocycles. The number of halogens is 1. The molecule has 0 fully saturated rings. The van der Waals surface area contributed by atoms with Crippen molar-refractivity contribution >= 4 is 6.29 Å². The van der Waals surface area contributed by atoms with Crippen LogP contribution in [0.3, 0.4) is 0 Å². The molecule has 0 bridgehead atoms. The quantitative estimate of drug-likeness (QED) is 0.544. The number of unbranched alkanes of at least 4 members (excludes halogenated alkanes) is 1. The number of rotatable bonds is 5. The average Bonchev–Trinajstić information content (AvgIpc) is 1.98. The zero-order valence-corrected chi connectivity index (χ0v) is 6.64. The Morgan fingerprint density at radius 1 is 1.60 bits per heavy atom. The fraction of sp³-hybridized carbons (Fsp3) is 0.875. The highest BCUT2D eigenvalue weighted by atomic mass is 19.1. The Hall–Kier alpha value is -0.400. The molecule has 1 nitrogen and oxygen atoms in total. The number of hydrogen-bond acceptors (Lipinski definition) is 1. The van der Waals surface area contributed by atoms with Crippen molar-refractivity contribution in [3.8, 4) is 0 Å². The SMILES string of the molecule is CCCCC(C)C(F)C=O. The molecule has 0 saturated heterocycles. The van der Waals surface area contributed by atoms with E-state index in [1.165, 1.54) is 0 Å². The van der Waals surface area contributed by atoms with Gasteiger partial charge in [-0.2, -0.15) is 0 Å². The molecule has 0 amide bonds. The lowest BCUT2D eigenvalue weighted by Gasteiger charge is -2.09. The van der Waals surface area contributed by atoms with Gasteiger partial charge in [0.25, 0.3) is 0 Å². The lowest BCUT2D eigenvalue weighted by Crippen LogP contribution is -2.13.